The molecule has 5 nitrogen and oxygen atoms in total. The molecular weight excluding hydrogens is 391 g/mol. The molecule has 1 N–H and O–H groups in total. The van der Waals surface area contributed by atoms with E-state index in [1.807, 2.05) is 12.1 Å². The van der Waals surface area contributed by atoms with Crippen molar-refractivity contribution >= 4 is 28.5 Å². The highest BCUT2D eigenvalue weighted by molar-refractivity contribution is 6.31. The van der Waals surface area contributed by atoms with E-state index in [0.29, 0.717) is 17.4 Å². The molecule has 152 valence electrons. The predicted molar refractivity (Wildman–Crippen MR) is 112 cm³/mol. The zero-order valence-electron chi connectivity index (χ0n) is 16.4. The van der Waals surface area contributed by atoms with Crippen LogP contribution < -0.4 is 0 Å². The fourth-order valence-electron chi connectivity index (χ4n) is 3.95. The lowest BCUT2D eigenvalue weighted by Gasteiger charge is -2.35. The fraction of sp³-hybridized carbons (Fsp3) is 0.364. The highest BCUT2D eigenvalue weighted by atomic mass is 35.5. The number of likely N-dealkylation sites (N-methyl/N-ethyl adjacent to an activating group) is 1. The van der Waals surface area contributed by atoms with Crippen LogP contribution in [0.15, 0.2) is 42.5 Å². The molecule has 1 amide bonds. The standard InChI is InChI=1S/C22H24ClFN4O/c1-27(14-20-25-18-10-7-16(23)13-19(18)26-20)22(29)21(28-11-3-2-4-12-28)15-5-8-17(24)9-6-15/h5-10,13,21H,2-4,11-12,14H2,1H3,(H,25,26). The molecule has 1 aliphatic heterocycles. The van der Waals surface area contributed by atoms with Crippen LogP contribution in [-0.4, -0.2) is 45.8 Å². The third-order valence-electron chi connectivity index (χ3n) is 5.43. The van der Waals surface area contributed by atoms with Gasteiger partial charge in [0.1, 0.15) is 17.7 Å². The Labute approximate surface area is 174 Å². The lowest BCUT2D eigenvalue weighted by Crippen LogP contribution is -2.43. The van der Waals surface area contributed by atoms with Gasteiger partial charge in [0, 0.05) is 12.1 Å². The van der Waals surface area contributed by atoms with Crippen molar-refractivity contribution < 1.29 is 9.18 Å². The highest BCUT2D eigenvalue weighted by Gasteiger charge is 2.31. The van der Waals surface area contributed by atoms with Crippen LogP contribution in [0.5, 0.6) is 0 Å². The second kappa shape index (κ2) is 8.51. The Bertz CT molecular complexity index is 998. The predicted octanol–water partition coefficient (Wildman–Crippen LogP) is 4.54. The Balaban J connectivity index is 1.57. The van der Waals surface area contributed by atoms with Gasteiger partial charge in [-0.3, -0.25) is 9.69 Å². The number of aromatic amines is 1. The molecular formula is C22H24ClFN4O. The third-order valence-corrected chi connectivity index (χ3v) is 5.67. The van der Waals surface area contributed by atoms with Crippen molar-refractivity contribution in [3.8, 4) is 0 Å². The van der Waals surface area contributed by atoms with Gasteiger partial charge in [-0.2, -0.15) is 0 Å². The van der Waals surface area contributed by atoms with E-state index in [9.17, 15) is 9.18 Å². The van der Waals surface area contributed by atoms with Crippen molar-refractivity contribution in [2.45, 2.75) is 31.8 Å². The lowest BCUT2D eigenvalue weighted by molar-refractivity contribution is -0.137. The number of halogens is 2. The maximum Gasteiger partial charge on any atom is 0.244 e. The number of imidazole rings is 1. The summed E-state index contributed by atoms with van der Waals surface area (Å²) < 4.78 is 13.4. The number of benzene rings is 2. The molecule has 1 atom stereocenters. The van der Waals surface area contributed by atoms with Gasteiger partial charge in [-0.1, -0.05) is 30.2 Å². The van der Waals surface area contributed by atoms with Gasteiger partial charge in [0.15, 0.2) is 0 Å². The van der Waals surface area contributed by atoms with Crippen LogP contribution in [-0.2, 0) is 11.3 Å². The Morgan fingerprint density at radius 3 is 2.66 bits per heavy atom. The van der Waals surface area contributed by atoms with Crippen molar-refractivity contribution in [2.24, 2.45) is 0 Å². The van der Waals surface area contributed by atoms with E-state index < -0.39 is 6.04 Å². The van der Waals surface area contributed by atoms with E-state index >= 15 is 0 Å². The van der Waals surface area contributed by atoms with Crippen LogP contribution in [0.25, 0.3) is 11.0 Å². The van der Waals surface area contributed by atoms with Crippen molar-refractivity contribution in [1.82, 2.24) is 19.8 Å². The summed E-state index contributed by atoms with van der Waals surface area (Å²) in [7, 11) is 1.78. The minimum Gasteiger partial charge on any atom is -0.340 e. The number of fused-ring (bicyclic) bond motifs is 1. The number of carbonyl (C=O) groups is 1. The summed E-state index contributed by atoms with van der Waals surface area (Å²) in [5.74, 6) is 0.388. The molecule has 1 unspecified atom stereocenters. The SMILES string of the molecule is CN(Cc1nc2ccc(Cl)cc2[nH]1)C(=O)C(c1ccc(F)cc1)N1CCCCC1. The number of likely N-dealkylation sites (tertiary alicyclic amines) is 1. The van der Waals surface area contributed by atoms with Gasteiger partial charge < -0.3 is 9.88 Å². The Morgan fingerprint density at radius 1 is 1.21 bits per heavy atom. The minimum atomic E-state index is -0.417. The molecule has 7 heteroatoms. The molecule has 0 spiro atoms. The first-order valence-electron chi connectivity index (χ1n) is 9.90. The minimum absolute atomic E-state index is 0.0167. The van der Waals surface area contributed by atoms with Crippen molar-refractivity contribution in [1.29, 1.82) is 0 Å². The number of amides is 1. The van der Waals surface area contributed by atoms with Gasteiger partial charge in [0.25, 0.3) is 0 Å². The molecule has 2 heterocycles. The van der Waals surface area contributed by atoms with Crippen molar-refractivity contribution in [3.63, 3.8) is 0 Å². The van der Waals surface area contributed by atoms with Crippen LogP contribution >= 0.6 is 11.6 Å². The van der Waals surface area contributed by atoms with E-state index in [4.69, 9.17) is 11.6 Å². The summed E-state index contributed by atoms with van der Waals surface area (Å²) in [6.45, 7) is 2.09. The molecule has 4 rings (SSSR count). The van der Waals surface area contributed by atoms with E-state index in [2.05, 4.69) is 14.9 Å². The molecule has 1 aromatic heterocycles. The Hall–Kier alpha value is -2.44. The fourth-order valence-corrected chi connectivity index (χ4v) is 4.12. The van der Waals surface area contributed by atoms with Crippen molar-refractivity contribution in [2.75, 3.05) is 20.1 Å². The first-order valence-corrected chi connectivity index (χ1v) is 10.3. The molecule has 0 bridgehead atoms. The smallest absolute Gasteiger partial charge is 0.244 e. The number of piperidine rings is 1. The summed E-state index contributed by atoms with van der Waals surface area (Å²) in [6, 6.07) is 11.3. The topological polar surface area (TPSA) is 52.2 Å². The number of aromatic nitrogens is 2. The number of H-pyrrole nitrogens is 1. The summed E-state index contributed by atoms with van der Waals surface area (Å²) in [4.78, 5) is 25.1. The number of nitrogens with zero attached hydrogens (tertiary/aromatic N) is 3. The molecule has 0 aliphatic carbocycles. The van der Waals surface area contributed by atoms with E-state index in [1.54, 1.807) is 30.1 Å². The quantitative estimate of drug-likeness (QED) is 0.666. The second-order valence-electron chi connectivity index (χ2n) is 7.59. The van der Waals surface area contributed by atoms with Crippen LogP contribution in [0.1, 0.15) is 36.7 Å². The number of nitrogens with one attached hydrogen (secondary N) is 1. The first kappa shape index (κ1) is 19.9. The number of rotatable bonds is 5. The van der Waals surface area contributed by atoms with E-state index in [1.165, 1.54) is 18.6 Å². The molecule has 1 fully saturated rings. The molecule has 2 aromatic carbocycles. The monoisotopic (exact) mass is 414 g/mol. The van der Waals surface area contributed by atoms with Gasteiger partial charge in [0.05, 0.1) is 17.6 Å². The van der Waals surface area contributed by atoms with Crippen LogP contribution in [0.3, 0.4) is 0 Å². The van der Waals surface area contributed by atoms with Gasteiger partial charge in [-0.25, -0.2) is 9.37 Å². The van der Waals surface area contributed by atoms with Crippen LogP contribution in [0.2, 0.25) is 5.02 Å². The average Bonchev–Trinajstić information content (AvgIpc) is 3.11. The summed E-state index contributed by atoms with van der Waals surface area (Å²) in [6.07, 6.45) is 3.32. The van der Waals surface area contributed by atoms with Gasteiger partial charge >= 0.3 is 0 Å². The number of carbonyl (C=O) groups excluding carboxylic acids is 1. The molecule has 1 aliphatic rings. The third kappa shape index (κ3) is 4.43. The second-order valence-corrected chi connectivity index (χ2v) is 8.03. The molecule has 0 saturated carbocycles. The maximum atomic E-state index is 13.4. The zero-order valence-corrected chi connectivity index (χ0v) is 17.1. The number of hydrogen-bond donors (Lipinski definition) is 1. The van der Waals surface area contributed by atoms with Crippen LogP contribution in [0.4, 0.5) is 4.39 Å². The molecule has 0 radical (unpaired) electrons. The summed E-state index contributed by atoms with van der Waals surface area (Å²) >= 11 is 6.05. The largest absolute Gasteiger partial charge is 0.340 e. The zero-order chi connectivity index (χ0) is 20.4. The van der Waals surface area contributed by atoms with E-state index in [0.717, 1.165) is 42.5 Å². The molecule has 29 heavy (non-hydrogen) atoms. The van der Waals surface area contributed by atoms with Crippen molar-refractivity contribution in [3.05, 3.63) is 64.7 Å². The normalized spacial score (nSPS) is 16.1. The van der Waals surface area contributed by atoms with Gasteiger partial charge in [0.2, 0.25) is 5.91 Å². The van der Waals surface area contributed by atoms with Gasteiger partial charge in [-0.05, 0) is 61.8 Å². The number of hydrogen-bond acceptors (Lipinski definition) is 3. The van der Waals surface area contributed by atoms with Gasteiger partial charge in [-0.15, -0.1) is 0 Å². The Kier molecular flexibility index (Phi) is 5.83. The summed E-state index contributed by atoms with van der Waals surface area (Å²) in [5.41, 5.74) is 2.48. The maximum absolute atomic E-state index is 13.4. The lowest BCUT2D eigenvalue weighted by atomic mass is 10.0. The van der Waals surface area contributed by atoms with Crippen LogP contribution in [0, 0.1) is 5.82 Å². The molecule has 3 aromatic rings. The average molecular weight is 415 g/mol. The summed E-state index contributed by atoms with van der Waals surface area (Å²) in [5, 5.41) is 0.638. The molecule has 1 saturated heterocycles. The highest BCUT2D eigenvalue weighted by Crippen LogP contribution is 2.27. The Morgan fingerprint density at radius 2 is 1.93 bits per heavy atom. The first-order chi connectivity index (χ1) is 14.0. The van der Waals surface area contributed by atoms with E-state index in [-0.39, 0.29) is 11.7 Å².